The summed E-state index contributed by atoms with van der Waals surface area (Å²) < 4.78 is 13.0. The number of nitrogens with zero attached hydrogens (tertiary/aromatic N) is 3. The van der Waals surface area contributed by atoms with Gasteiger partial charge in [-0.25, -0.2) is 4.79 Å². The number of benzene rings is 1. The molecule has 1 aromatic heterocycles. The zero-order valence-electron chi connectivity index (χ0n) is 21.7. The van der Waals surface area contributed by atoms with Crippen LogP contribution in [0.5, 0.6) is 5.75 Å². The largest absolute Gasteiger partial charge is 0.496 e. The molecule has 7 nitrogen and oxygen atoms in total. The predicted molar refractivity (Wildman–Crippen MR) is 139 cm³/mol. The molecule has 0 N–H and O–H groups in total. The first kappa shape index (κ1) is 27.3. The van der Waals surface area contributed by atoms with E-state index in [9.17, 15) is 9.59 Å². The van der Waals surface area contributed by atoms with Gasteiger partial charge in [0.2, 0.25) is 0 Å². The number of rotatable bonds is 4. The fraction of sp³-hybridized carbons (Fsp3) is 0.577. The second kappa shape index (κ2) is 10.7. The van der Waals surface area contributed by atoms with Crippen molar-refractivity contribution in [3.8, 4) is 5.75 Å². The molecule has 2 amide bonds. The van der Waals surface area contributed by atoms with E-state index in [1.165, 1.54) is 18.4 Å². The highest BCUT2D eigenvalue weighted by Crippen LogP contribution is 2.27. The molecule has 1 aliphatic rings. The van der Waals surface area contributed by atoms with Gasteiger partial charge < -0.3 is 18.9 Å². The Kier molecular flexibility index (Phi) is 8.37. The summed E-state index contributed by atoms with van der Waals surface area (Å²) in [5.41, 5.74) is -0.365. The molecule has 2 heterocycles. The molecule has 1 aliphatic heterocycles. The van der Waals surface area contributed by atoms with Crippen LogP contribution < -0.4 is 9.54 Å². The molecule has 1 aromatic carbocycles. The van der Waals surface area contributed by atoms with Gasteiger partial charge in [0.25, 0.3) is 5.91 Å². The molecule has 0 radical (unpaired) electrons. The van der Waals surface area contributed by atoms with Crippen LogP contribution in [0, 0.1) is 0 Å². The van der Waals surface area contributed by atoms with Crippen molar-refractivity contribution in [3.05, 3.63) is 44.7 Å². The van der Waals surface area contributed by atoms with Crippen LogP contribution in [0.3, 0.4) is 0 Å². The zero-order valence-corrected chi connectivity index (χ0v) is 23.3. The number of carbonyl (C=O) groups excluding carboxylic acids is 2. The fourth-order valence-electron chi connectivity index (χ4n) is 3.92. The lowest BCUT2D eigenvalue weighted by Gasteiger charge is -2.37. The normalized spacial score (nSPS) is 17.4. The molecule has 3 rings (SSSR count). The Morgan fingerprint density at radius 1 is 1.17 bits per heavy atom. The van der Waals surface area contributed by atoms with E-state index in [1.807, 2.05) is 36.4 Å². The molecular weight excluding hydrogens is 486 g/mol. The van der Waals surface area contributed by atoms with Crippen molar-refractivity contribution in [2.75, 3.05) is 13.7 Å². The number of piperidine rings is 1. The summed E-state index contributed by atoms with van der Waals surface area (Å²) in [6, 6.07) is 4.86. The van der Waals surface area contributed by atoms with Crippen LogP contribution in [-0.2, 0) is 16.7 Å². The van der Waals surface area contributed by atoms with E-state index in [1.54, 1.807) is 18.2 Å². The lowest BCUT2D eigenvalue weighted by molar-refractivity contribution is 0.00768. The van der Waals surface area contributed by atoms with Gasteiger partial charge in [0, 0.05) is 29.2 Å². The molecule has 1 saturated heterocycles. The highest BCUT2D eigenvalue weighted by molar-refractivity contribution is 7.09. The van der Waals surface area contributed by atoms with Crippen molar-refractivity contribution in [1.29, 1.82) is 0 Å². The van der Waals surface area contributed by atoms with Gasteiger partial charge in [-0.05, 0) is 63.6 Å². The molecule has 1 fully saturated rings. The van der Waals surface area contributed by atoms with E-state index in [0.717, 1.165) is 24.1 Å². The van der Waals surface area contributed by atoms with Crippen LogP contribution >= 0.6 is 22.9 Å². The minimum Gasteiger partial charge on any atom is -0.496 e. The van der Waals surface area contributed by atoms with E-state index >= 15 is 0 Å². The van der Waals surface area contributed by atoms with Crippen molar-refractivity contribution in [1.82, 2.24) is 9.47 Å². The average molecular weight is 522 g/mol. The number of ether oxygens (including phenoxy) is 2. The maximum Gasteiger partial charge on any atom is 0.410 e. The molecule has 0 unspecified atom stereocenters. The highest BCUT2D eigenvalue weighted by atomic mass is 35.5. The summed E-state index contributed by atoms with van der Waals surface area (Å²) in [6.45, 7) is 13.2. The van der Waals surface area contributed by atoms with Crippen molar-refractivity contribution < 1.29 is 19.1 Å². The first-order valence-electron chi connectivity index (χ1n) is 11.9. The van der Waals surface area contributed by atoms with E-state index in [4.69, 9.17) is 21.1 Å². The molecule has 0 aliphatic carbocycles. The monoisotopic (exact) mass is 521 g/mol. The average Bonchev–Trinajstić information content (AvgIpc) is 3.15. The first-order valence-corrected chi connectivity index (χ1v) is 13.1. The minimum atomic E-state index is -0.559. The molecule has 1 atom stereocenters. The number of aromatic nitrogens is 1. The Morgan fingerprint density at radius 3 is 2.51 bits per heavy atom. The van der Waals surface area contributed by atoms with Crippen molar-refractivity contribution in [2.24, 2.45) is 4.99 Å². The second-order valence-electron chi connectivity index (χ2n) is 10.9. The van der Waals surface area contributed by atoms with Crippen LogP contribution in [0.1, 0.15) is 76.0 Å². The quantitative estimate of drug-likeness (QED) is 0.491. The van der Waals surface area contributed by atoms with E-state index in [2.05, 4.69) is 25.8 Å². The van der Waals surface area contributed by atoms with Crippen molar-refractivity contribution in [2.45, 2.75) is 84.4 Å². The van der Waals surface area contributed by atoms with Crippen LogP contribution in [0.25, 0.3) is 0 Å². The smallest absolute Gasteiger partial charge is 0.410 e. The summed E-state index contributed by atoms with van der Waals surface area (Å²) in [6.07, 6.45) is 4.59. The van der Waals surface area contributed by atoms with Crippen LogP contribution in [0.2, 0.25) is 5.02 Å². The van der Waals surface area contributed by atoms with Crippen molar-refractivity contribution in [3.63, 3.8) is 0 Å². The maximum atomic E-state index is 13.2. The Morgan fingerprint density at radius 2 is 1.89 bits per heavy atom. The first-order chi connectivity index (χ1) is 16.3. The molecule has 9 heteroatoms. The summed E-state index contributed by atoms with van der Waals surface area (Å²) in [5.74, 6) is -0.00117. The molecule has 0 bridgehead atoms. The third kappa shape index (κ3) is 7.10. The number of likely N-dealkylation sites (tertiary alicyclic amines) is 1. The summed E-state index contributed by atoms with van der Waals surface area (Å²) in [4.78, 5) is 34.1. The van der Waals surface area contributed by atoms with Gasteiger partial charge in [0.05, 0.1) is 18.7 Å². The van der Waals surface area contributed by atoms with Gasteiger partial charge in [-0.15, -0.1) is 11.3 Å². The lowest BCUT2D eigenvalue weighted by atomic mass is 9.95. The summed E-state index contributed by atoms with van der Waals surface area (Å²) in [5, 5.41) is 0.439. The number of carbonyl (C=O) groups is 2. The topological polar surface area (TPSA) is 73.1 Å². The minimum absolute atomic E-state index is 0.0456. The lowest BCUT2D eigenvalue weighted by Crippen LogP contribution is -2.48. The Hall–Kier alpha value is -2.32. The number of halogens is 1. The van der Waals surface area contributed by atoms with Gasteiger partial charge in [0.15, 0.2) is 4.80 Å². The van der Waals surface area contributed by atoms with E-state index in [-0.39, 0.29) is 17.6 Å². The molecule has 35 heavy (non-hydrogen) atoms. The van der Waals surface area contributed by atoms with Gasteiger partial charge in [0.1, 0.15) is 11.4 Å². The van der Waals surface area contributed by atoms with Gasteiger partial charge in [-0.1, -0.05) is 32.4 Å². The number of hydrogen-bond acceptors (Lipinski definition) is 5. The van der Waals surface area contributed by atoms with E-state index in [0.29, 0.717) is 34.2 Å². The third-order valence-corrected chi connectivity index (χ3v) is 7.39. The molecule has 0 spiro atoms. The summed E-state index contributed by atoms with van der Waals surface area (Å²) in [7, 11) is 1.51. The molecule has 2 aromatic rings. The predicted octanol–water partition coefficient (Wildman–Crippen LogP) is 6.04. The van der Waals surface area contributed by atoms with Crippen LogP contribution in [-0.4, -0.2) is 46.8 Å². The van der Waals surface area contributed by atoms with Gasteiger partial charge in [-0.3, -0.25) is 4.79 Å². The maximum absolute atomic E-state index is 13.2. The van der Waals surface area contributed by atoms with Gasteiger partial charge in [-0.2, -0.15) is 4.99 Å². The molecular formula is C26H36ClN3O4S. The molecule has 192 valence electrons. The van der Waals surface area contributed by atoms with Crippen LogP contribution in [0.15, 0.2) is 29.4 Å². The van der Waals surface area contributed by atoms with E-state index < -0.39 is 11.5 Å². The number of thiazole rings is 1. The van der Waals surface area contributed by atoms with Gasteiger partial charge >= 0.3 is 6.09 Å². The third-order valence-electron chi connectivity index (χ3n) is 5.71. The fourth-order valence-corrected chi connectivity index (χ4v) is 5.15. The zero-order chi connectivity index (χ0) is 26.0. The van der Waals surface area contributed by atoms with Crippen molar-refractivity contribution >= 4 is 34.9 Å². The summed E-state index contributed by atoms with van der Waals surface area (Å²) >= 11 is 7.62. The molecule has 0 saturated carbocycles. The Labute approximate surface area is 216 Å². The Bertz CT molecular complexity index is 1140. The number of methoxy groups -OCH3 is 1. The second-order valence-corrected chi connectivity index (χ2v) is 12.3. The SMILES string of the molecule is COc1ccc(Cl)cc1C(=O)N=c1sc(C(C)(C)C)cn1C[C@H]1CCCCN1C(=O)OC(C)(C)C. The standard InChI is InChI=1S/C26H36ClN3O4S/c1-25(2,3)21-16-29(15-18-10-8-9-13-30(18)24(32)34-26(4,5)6)23(35-21)28-22(31)19-14-17(27)11-12-20(19)33-7/h11-12,14,16,18H,8-10,13,15H2,1-7H3/t18-/m1/s1. The highest BCUT2D eigenvalue weighted by Gasteiger charge is 2.31. The number of hydrogen-bond donors (Lipinski definition) is 0. The Balaban J connectivity index is 1.99. The number of amides is 2. The van der Waals surface area contributed by atoms with Crippen LogP contribution in [0.4, 0.5) is 4.79 Å².